The van der Waals surface area contributed by atoms with Crippen LogP contribution >= 0.6 is 0 Å². The van der Waals surface area contributed by atoms with Gasteiger partial charge in [-0.25, -0.2) is 9.07 Å². The lowest BCUT2D eigenvalue weighted by molar-refractivity contribution is 0.426. The number of nitrogen functional groups attached to an aromatic ring is 1. The Bertz CT molecular complexity index is 1120. The molecule has 4 N–H and O–H groups in total. The quantitative estimate of drug-likeness (QED) is 0.474. The van der Waals surface area contributed by atoms with Crippen LogP contribution in [0.15, 0.2) is 55.0 Å². The molecule has 2 heterocycles. The van der Waals surface area contributed by atoms with E-state index in [1.54, 1.807) is 24.3 Å². The molecule has 26 heavy (non-hydrogen) atoms. The van der Waals surface area contributed by atoms with E-state index in [0.29, 0.717) is 27.9 Å². The zero-order valence-corrected chi connectivity index (χ0v) is 13.4. The molecule has 4 aromatic rings. The molecule has 7 nitrogen and oxygen atoms in total. The molecule has 2 aromatic carbocycles. The minimum Gasteiger partial charge on any atom is -0.423 e. The van der Waals surface area contributed by atoms with Gasteiger partial charge in [0.15, 0.2) is 5.82 Å². The van der Waals surface area contributed by atoms with E-state index >= 15 is 0 Å². The van der Waals surface area contributed by atoms with Crippen LogP contribution in [0.2, 0.25) is 0 Å². The molecular formula is C17H13BFN5O2. The molecule has 0 spiro atoms. The van der Waals surface area contributed by atoms with Gasteiger partial charge >= 0.3 is 7.12 Å². The highest BCUT2D eigenvalue weighted by Gasteiger charge is 2.16. The number of hydrogen-bond donors (Lipinski definition) is 3. The normalized spacial score (nSPS) is 11.0. The van der Waals surface area contributed by atoms with E-state index < -0.39 is 12.9 Å². The maximum Gasteiger partial charge on any atom is 0.488 e. The van der Waals surface area contributed by atoms with Crippen molar-refractivity contribution in [2.45, 2.75) is 0 Å². The molecule has 0 aliphatic rings. The van der Waals surface area contributed by atoms with Gasteiger partial charge in [-0.2, -0.15) is 15.3 Å². The molecule has 4 rings (SSSR count). The first-order valence-electron chi connectivity index (χ1n) is 7.75. The number of hydrogen-bond acceptors (Lipinski definition) is 6. The van der Waals surface area contributed by atoms with Gasteiger partial charge in [-0.3, -0.25) is 0 Å². The van der Waals surface area contributed by atoms with Crippen LogP contribution in [0.5, 0.6) is 0 Å². The number of aromatic nitrogens is 4. The Morgan fingerprint density at radius 2 is 1.92 bits per heavy atom. The number of rotatable bonds is 3. The van der Waals surface area contributed by atoms with E-state index in [2.05, 4.69) is 15.3 Å². The van der Waals surface area contributed by atoms with Crippen LogP contribution in [-0.2, 0) is 0 Å². The fraction of sp³-hybridized carbons (Fsp3) is 0. The summed E-state index contributed by atoms with van der Waals surface area (Å²) in [4.78, 5) is 0. The molecule has 128 valence electrons. The van der Waals surface area contributed by atoms with Crippen molar-refractivity contribution in [3.63, 3.8) is 0 Å². The Balaban J connectivity index is 1.95. The fourth-order valence-corrected chi connectivity index (χ4v) is 2.83. The van der Waals surface area contributed by atoms with Crippen molar-refractivity contribution in [2.24, 2.45) is 0 Å². The predicted molar refractivity (Wildman–Crippen MR) is 96.3 cm³/mol. The van der Waals surface area contributed by atoms with Crippen molar-refractivity contribution < 1.29 is 14.4 Å². The summed E-state index contributed by atoms with van der Waals surface area (Å²) in [5.41, 5.74) is 9.25. The van der Waals surface area contributed by atoms with Gasteiger partial charge in [-0.15, -0.1) is 0 Å². The highest BCUT2D eigenvalue weighted by atomic mass is 19.1. The van der Waals surface area contributed by atoms with Crippen LogP contribution in [0.25, 0.3) is 27.7 Å². The first kappa shape index (κ1) is 16.2. The van der Waals surface area contributed by atoms with Gasteiger partial charge in [0, 0.05) is 10.9 Å². The lowest BCUT2D eigenvalue weighted by Gasteiger charge is -2.13. The Morgan fingerprint density at radius 3 is 2.65 bits per heavy atom. The van der Waals surface area contributed by atoms with Gasteiger partial charge in [-0.1, -0.05) is 18.2 Å². The largest absolute Gasteiger partial charge is 0.488 e. The Hall–Kier alpha value is -3.30. The summed E-state index contributed by atoms with van der Waals surface area (Å²) in [5.74, 6) is -0.473. The molecule has 0 saturated carbocycles. The first-order valence-corrected chi connectivity index (χ1v) is 7.75. The molecule has 0 fully saturated rings. The van der Waals surface area contributed by atoms with Crippen LogP contribution in [-0.4, -0.2) is 37.1 Å². The molecule has 0 saturated heterocycles. The monoisotopic (exact) mass is 349 g/mol. The molecule has 0 atom stereocenters. The molecule has 2 aromatic heterocycles. The zero-order chi connectivity index (χ0) is 18.3. The van der Waals surface area contributed by atoms with Crippen LogP contribution in [0.3, 0.4) is 0 Å². The average molecular weight is 349 g/mol. The fourth-order valence-electron chi connectivity index (χ4n) is 2.83. The van der Waals surface area contributed by atoms with Crippen LogP contribution in [0.4, 0.5) is 10.1 Å². The average Bonchev–Trinajstić information content (AvgIpc) is 3.07. The van der Waals surface area contributed by atoms with Crippen molar-refractivity contribution >= 4 is 29.2 Å². The highest BCUT2D eigenvalue weighted by Crippen LogP contribution is 2.29. The standard InChI is InChI=1S/C17H13BFN5O2/c19-12-7-22-24(9-12)17-4-2-11(18(25)26)6-14(17)10-1-3-13-15(20)8-21-23-16(13)5-10/h1-9,25-26H,(H2,20,23). The lowest BCUT2D eigenvalue weighted by atomic mass is 9.78. The van der Waals surface area contributed by atoms with Gasteiger partial charge in [0.25, 0.3) is 0 Å². The van der Waals surface area contributed by atoms with E-state index in [9.17, 15) is 14.4 Å². The third-order valence-electron chi connectivity index (χ3n) is 4.10. The van der Waals surface area contributed by atoms with E-state index in [4.69, 9.17) is 5.73 Å². The van der Waals surface area contributed by atoms with E-state index in [-0.39, 0.29) is 0 Å². The van der Waals surface area contributed by atoms with Crippen LogP contribution in [0.1, 0.15) is 0 Å². The molecule has 0 bridgehead atoms. The number of nitrogens with zero attached hydrogens (tertiary/aromatic N) is 4. The Kier molecular flexibility index (Phi) is 3.87. The molecule has 0 unspecified atom stereocenters. The molecule has 9 heteroatoms. The maximum absolute atomic E-state index is 13.4. The van der Waals surface area contributed by atoms with Crippen LogP contribution in [0, 0.1) is 5.82 Å². The molecule has 0 radical (unpaired) electrons. The Labute approximate surface area is 147 Å². The van der Waals surface area contributed by atoms with Gasteiger partial charge in [-0.05, 0) is 29.2 Å². The van der Waals surface area contributed by atoms with Gasteiger partial charge in [0.1, 0.15) is 0 Å². The summed E-state index contributed by atoms with van der Waals surface area (Å²) in [6.07, 6.45) is 3.82. The number of anilines is 1. The Morgan fingerprint density at radius 1 is 1.08 bits per heavy atom. The number of fused-ring (bicyclic) bond motifs is 1. The van der Waals surface area contributed by atoms with Gasteiger partial charge in [0.05, 0.1) is 35.5 Å². The van der Waals surface area contributed by atoms with Crippen LogP contribution < -0.4 is 11.2 Å². The summed E-state index contributed by atoms with van der Waals surface area (Å²) >= 11 is 0. The van der Waals surface area contributed by atoms with Crippen molar-refractivity contribution in [2.75, 3.05) is 5.73 Å². The SMILES string of the molecule is Nc1cnnc2cc(-c3cc(B(O)O)ccc3-n3cc(F)cn3)ccc12. The maximum atomic E-state index is 13.4. The van der Waals surface area contributed by atoms with Gasteiger partial charge < -0.3 is 15.8 Å². The topological polar surface area (TPSA) is 110 Å². The third-order valence-corrected chi connectivity index (χ3v) is 4.10. The van der Waals surface area contributed by atoms with Crippen molar-refractivity contribution in [3.8, 4) is 16.8 Å². The summed E-state index contributed by atoms with van der Waals surface area (Å²) in [5, 5.41) is 31.7. The zero-order valence-electron chi connectivity index (χ0n) is 13.4. The van der Waals surface area contributed by atoms with Crippen molar-refractivity contribution in [3.05, 3.63) is 60.8 Å². The summed E-state index contributed by atoms with van der Waals surface area (Å²) in [7, 11) is -1.63. The second-order valence-electron chi connectivity index (χ2n) is 5.79. The minimum absolute atomic E-state index is 0.301. The molecular weight excluding hydrogens is 336 g/mol. The van der Waals surface area contributed by atoms with E-state index in [1.807, 2.05) is 12.1 Å². The number of halogens is 1. The van der Waals surface area contributed by atoms with Crippen molar-refractivity contribution in [1.82, 2.24) is 20.0 Å². The first-order chi connectivity index (χ1) is 12.5. The van der Waals surface area contributed by atoms with Gasteiger partial charge in [0.2, 0.25) is 0 Å². The highest BCUT2D eigenvalue weighted by molar-refractivity contribution is 6.58. The smallest absolute Gasteiger partial charge is 0.423 e. The summed E-state index contributed by atoms with van der Waals surface area (Å²) < 4.78 is 14.8. The molecule has 0 aliphatic heterocycles. The second-order valence-corrected chi connectivity index (χ2v) is 5.79. The van der Waals surface area contributed by atoms with E-state index in [0.717, 1.165) is 17.1 Å². The lowest BCUT2D eigenvalue weighted by Crippen LogP contribution is -2.30. The number of benzene rings is 2. The molecule has 0 amide bonds. The third kappa shape index (κ3) is 2.79. The summed E-state index contributed by atoms with van der Waals surface area (Å²) in [6.45, 7) is 0. The van der Waals surface area contributed by atoms with E-state index in [1.165, 1.54) is 17.1 Å². The predicted octanol–water partition coefficient (Wildman–Crippen LogP) is 0.884. The minimum atomic E-state index is -1.63. The molecule has 0 aliphatic carbocycles. The summed E-state index contributed by atoms with van der Waals surface area (Å²) in [6, 6.07) is 10.2. The van der Waals surface area contributed by atoms with Crippen molar-refractivity contribution in [1.29, 1.82) is 0 Å². The number of nitrogens with two attached hydrogens (primary N) is 1. The second kappa shape index (κ2) is 6.21.